The average molecular weight is 235 g/mol. The molecular formula is C8H17N3O3S. The summed E-state index contributed by atoms with van der Waals surface area (Å²) in [5.41, 5.74) is 5.16. The summed E-state index contributed by atoms with van der Waals surface area (Å²) in [6.07, 6.45) is 1.03. The van der Waals surface area contributed by atoms with Crippen molar-refractivity contribution in [2.45, 2.75) is 19.8 Å². The number of primary amides is 1. The van der Waals surface area contributed by atoms with Gasteiger partial charge in [-0.1, -0.05) is 6.92 Å². The van der Waals surface area contributed by atoms with Gasteiger partial charge in [0, 0.05) is 25.6 Å². The molecule has 1 amide bonds. The molecule has 1 saturated heterocycles. The van der Waals surface area contributed by atoms with E-state index in [1.807, 2.05) is 0 Å². The summed E-state index contributed by atoms with van der Waals surface area (Å²) in [6, 6.07) is 0. The quantitative estimate of drug-likeness (QED) is 0.657. The van der Waals surface area contributed by atoms with E-state index < -0.39 is 10.2 Å². The van der Waals surface area contributed by atoms with Crippen molar-refractivity contribution in [2.24, 2.45) is 11.7 Å². The Hall–Kier alpha value is -0.660. The van der Waals surface area contributed by atoms with Crippen molar-refractivity contribution in [2.75, 3.05) is 19.6 Å². The molecule has 0 aromatic carbocycles. The Morgan fingerprint density at radius 3 is 2.40 bits per heavy atom. The zero-order chi connectivity index (χ0) is 11.5. The molecule has 1 heterocycles. The lowest BCUT2D eigenvalue weighted by Crippen LogP contribution is -2.46. The van der Waals surface area contributed by atoms with E-state index in [-0.39, 0.29) is 11.8 Å². The lowest BCUT2D eigenvalue weighted by molar-refractivity contribution is -0.122. The highest BCUT2D eigenvalue weighted by atomic mass is 32.2. The predicted molar refractivity (Wildman–Crippen MR) is 56.1 cm³/mol. The van der Waals surface area contributed by atoms with Gasteiger partial charge in [0.25, 0.3) is 10.2 Å². The second kappa shape index (κ2) is 4.91. The third-order valence-electron chi connectivity index (χ3n) is 2.52. The van der Waals surface area contributed by atoms with Crippen LogP contribution in [0.2, 0.25) is 0 Å². The molecule has 0 aromatic heterocycles. The van der Waals surface area contributed by atoms with Crippen molar-refractivity contribution < 1.29 is 13.2 Å². The van der Waals surface area contributed by atoms with E-state index in [9.17, 15) is 13.2 Å². The van der Waals surface area contributed by atoms with E-state index in [4.69, 9.17) is 5.73 Å². The lowest BCUT2D eigenvalue weighted by atomic mass is 9.98. The largest absolute Gasteiger partial charge is 0.369 e. The average Bonchev–Trinajstić information content (AvgIpc) is 2.18. The molecule has 1 fully saturated rings. The number of amides is 1. The number of nitrogens with two attached hydrogens (primary N) is 1. The van der Waals surface area contributed by atoms with Crippen LogP contribution in [-0.4, -0.2) is 38.3 Å². The molecule has 0 aromatic rings. The van der Waals surface area contributed by atoms with Gasteiger partial charge in [-0.25, -0.2) is 4.72 Å². The van der Waals surface area contributed by atoms with E-state index in [2.05, 4.69) is 4.72 Å². The fourth-order valence-electron chi connectivity index (χ4n) is 1.65. The molecule has 88 valence electrons. The number of carbonyl (C=O) groups is 1. The van der Waals surface area contributed by atoms with Gasteiger partial charge in [0.15, 0.2) is 0 Å². The van der Waals surface area contributed by atoms with Gasteiger partial charge in [-0.05, 0) is 12.8 Å². The zero-order valence-corrected chi connectivity index (χ0v) is 9.59. The Balaban J connectivity index is 2.54. The molecule has 0 spiro atoms. The minimum atomic E-state index is -3.35. The fourth-order valence-corrected chi connectivity index (χ4v) is 2.89. The normalized spacial score (nSPS) is 20.3. The lowest BCUT2D eigenvalue weighted by Gasteiger charge is -2.29. The topological polar surface area (TPSA) is 92.5 Å². The minimum absolute atomic E-state index is 0.182. The van der Waals surface area contributed by atoms with E-state index in [0.29, 0.717) is 32.5 Å². The highest BCUT2D eigenvalue weighted by Gasteiger charge is 2.29. The van der Waals surface area contributed by atoms with Crippen molar-refractivity contribution in [3.05, 3.63) is 0 Å². The van der Waals surface area contributed by atoms with Crippen LogP contribution in [0.3, 0.4) is 0 Å². The number of nitrogens with zero attached hydrogens (tertiary/aromatic N) is 1. The summed E-state index contributed by atoms with van der Waals surface area (Å²) in [5, 5.41) is 0. The summed E-state index contributed by atoms with van der Waals surface area (Å²) in [6.45, 7) is 2.83. The van der Waals surface area contributed by atoms with Gasteiger partial charge in [-0.15, -0.1) is 0 Å². The first-order chi connectivity index (χ1) is 6.97. The van der Waals surface area contributed by atoms with Gasteiger partial charge in [0.2, 0.25) is 5.91 Å². The van der Waals surface area contributed by atoms with Crippen molar-refractivity contribution >= 4 is 16.1 Å². The maximum Gasteiger partial charge on any atom is 0.279 e. The second-order valence-corrected chi connectivity index (χ2v) is 5.33. The SMILES string of the molecule is CCNS(=O)(=O)N1CCC(C(N)=O)CC1. The van der Waals surface area contributed by atoms with Gasteiger partial charge in [0.05, 0.1) is 0 Å². The smallest absolute Gasteiger partial charge is 0.279 e. The first-order valence-electron chi connectivity index (χ1n) is 5.01. The van der Waals surface area contributed by atoms with Gasteiger partial charge in [-0.2, -0.15) is 12.7 Å². The number of nitrogens with one attached hydrogen (secondary N) is 1. The molecule has 1 aliphatic rings. The van der Waals surface area contributed by atoms with Crippen LogP contribution < -0.4 is 10.5 Å². The van der Waals surface area contributed by atoms with Crippen molar-refractivity contribution in [3.63, 3.8) is 0 Å². The number of carbonyl (C=O) groups excluding carboxylic acids is 1. The third-order valence-corrected chi connectivity index (χ3v) is 4.22. The molecule has 3 N–H and O–H groups in total. The van der Waals surface area contributed by atoms with Crippen LogP contribution in [0.15, 0.2) is 0 Å². The van der Waals surface area contributed by atoms with Gasteiger partial charge in [-0.3, -0.25) is 4.79 Å². The third kappa shape index (κ3) is 3.15. The molecule has 1 rings (SSSR count). The van der Waals surface area contributed by atoms with Crippen LogP contribution in [-0.2, 0) is 15.0 Å². The first kappa shape index (κ1) is 12.4. The maximum atomic E-state index is 11.6. The number of rotatable bonds is 4. The Morgan fingerprint density at radius 1 is 1.47 bits per heavy atom. The summed E-state index contributed by atoms with van der Waals surface area (Å²) in [4.78, 5) is 10.9. The van der Waals surface area contributed by atoms with Crippen LogP contribution in [0.1, 0.15) is 19.8 Å². The maximum absolute atomic E-state index is 11.6. The van der Waals surface area contributed by atoms with Crippen LogP contribution in [0, 0.1) is 5.92 Å². The minimum Gasteiger partial charge on any atom is -0.369 e. The Labute approximate surface area is 90.0 Å². The molecule has 1 aliphatic heterocycles. The zero-order valence-electron chi connectivity index (χ0n) is 8.77. The fraction of sp³-hybridized carbons (Fsp3) is 0.875. The monoisotopic (exact) mass is 235 g/mol. The van der Waals surface area contributed by atoms with Crippen molar-refractivity contribution in [3.8, 4) is 0 Å². The molecule has 0 bridgehead atoms. The van der Waals surface area contributed by atoms with E-state index in [0.717, 1.165) is 0 Å². The highest BCUT2D eigenvalue weighted by Crippen LogP contribution is 2.18. The Bertz CT molecular complexity index is 320. The molecule has 15 heavy (non-hydrogen) atoms. The Morgan fingerprint density at radius 2 is 2.00 bits per heavy atom. The van der Waals surface area contributed by atoms with E-state index in [1.165, 1.54) is 4.31 Å². The summed E-state index contributed by atoms with van der Waals surface area (Å²) >= 11 is 0. The second-order valence-electron chi connectivity index (χ2n) is 3.58. The highest BCUT2D eigenvalue weighted by molar-refractivity contribution is 7.87. The van der Waals surface area contributed by atoms with Crippen molar-refractivity contribution in [1.29, 1.82) is 0 Å². The van der Waals surface area contributed by atoms with Crippen LogP contribution in [0.25, 0.3) is 0 Å². The molecule has 6 nitrogen and oxygen atoms in total. The van der Waals surface area contributed by atoms with Crippen LogP contribution >= 0.6 is 0 Å². The van der Waals surface area contributed by atoms with E-state index in [1.54, 1.807) is 6.92 Å². The van der Waals surface area contributed by atoms with Crippen LogP contribution in [0.5, 0.6) is 0 Å². The number of hydrogen-bond acceptors (Lipinski definition) is 3. The predicted octanol–water partition coefficient (Wildman–Crippen LogP) is -0.962. The molecular weight excluding hydrogens is 218 g/mol. The standard InChI is InChI=1S/C8H17N3O3S/c1-2-10-15(13,14)11-5-3-7(4-6-11)8(9)12/h7,10H,2-6H2,1H3,(H2,9,12). The first-order valence-corrected chi connectivity index (χ1v) is 6.45. The number of piperidine rings is 1. The van der Waals surface area contributed by atoms with Gasteiger partial charge < -0.3 is 5.73 Å². The van der Waals surface area contributed by atoms with Crippen molar-refractivity contribution in [1.82, 2.24) is 9.03 Å². The summed E-state index contributed by atoms with van der Waals surface area (Å²) in [7, 11) is -3.35. The summed E-state index contributed by atoms with van der Waals surface area (Å²) in [5.74, 6) is -0.520. The molecule has 0 aliphatic carbocycles. The van der Waals surface area contributed by atoms with Crippen LogP contribution in [0.4, 0.5) is 0 Å². The number of hydrogen-bond donors (Lipinski definition) is 2. The summed E-state index contributed by atoms with van der Waals surface area (Å²) < 4.78 is 26.9. The van der Waals surface area contributed by atoms with Gasteiger partial charge >= 0.3 is 0 Å². The molecule has 0 atom stereocenters. The molecule has 0 radical (unpaired) electrons. The van der Waals surface area contributed by atoms with Gasteiger partial charge in [0.1, 0.15) is 0 Å². The molecule has 7 heteroatoms. The van der Waals surface area contributed by atoms with E-state index >= 15 is 0 Å². The molecule has 0 unspecified atom stereocenters. The Kier molecular flexibility index (Phi) is 4.06. The molecule has 0 saturated carbocycles.